The SMILES string of the molecule is Nc1nonc1-n1nnc(C(=O)NN=Cc2cccc(Cl)c2)c1CN1CCCCCC1. The maximum Gasteiger partial charge on any atom is 0.293 e. The molecular formula is C19H22ClN9O2. The molecule has 1 amide bonds. The smallest absolute Gasteiger partial charge is 0.293 e. The molecule has 0 spiro atoms. The van der Waals surface area contributed by atoms with Gasteiger partial charge in [-0.1, -0.05) is 41.8 Å². The molecule has 31 heavy (non-hydrogen) atoms. The van der Waals surface area contributed by atoms with Crippen LogP contribution in [0.1, 0.15) is 47.4 Å². The quantitative estimate of drug-likeness (QED) is 0.435. The number of hydrogen-bond acceptors (Lipinski definition) is 9. The van der Waals surface area contributed by atoms with Crippen molar-refractivity contribution in [1.82, 2.24) is 35.6 Å². The highest BCUT2D eigenvalue weighted by Gasteiger charge is 2.25. The van der Waals surface area contributed by atoms with Crippen LogP contribution >= 0.6 is 11.6 Å². The highest BCUT2D eigenvalue weighted by atomic mass is 35.5. The predicted octanol–water partition coefficient (Wildman–Crippen LogP) is 2.03. The van der Waals surface area contributed by atoms with Gasteiger partial charge in [-0.15, -0.1) is 5.10 Å². The van der Waals surface area contributed by atoms with Crippen molar-refractivity contribution in [3.8, 4) is 5.82 Å². The second kappa shape index (κ2) is 9.67. The van der Waals surface area contributed by atoms with Crippen molar-refractivity contribution in [2.45, 2.75) is 32.2 Å². The first-order valence-corrected chi connectivity index (χ1v) is 10.3. The molecule has 0 bridgehead atoms. The summed E-state index contributed by atoms with van der Waals surface area (Å²) in [5, 5.41) is 20.1. The van der Waals surface area contributed by atoms with Gasteiger partial charge in [-0.25, -0.2) is 10.1 Å². The van der Waals surface area contributed by atoms with Crippen molar-refractivity contribution in [1.29, 1.82) is 0 Å². The Kier molecular flexibility index (Phi) is 6.53. The van der Waals surface area contributed by atoms with E-state index in [1.54, 1.807) is 18.2 Å². The van der Waals surface area contributed by atoms with E-state index in [2.05, 4.69) is 36.1 Å². The summed E-state index contributed by atoms with van der Waals surface area (Å²) in [7, 11) is 0. The van der Waals surface area contributed by atoms with Crippen LogP contribution in [0.2, 0.25) is 5.02 Å². The summed E-state index contributed by atoms with van der Waals surface area (Å²) in [6.07, 6.45) is 6.09. The molecule has 0 unspecified atom stereocenters. The second-order valence-electron chi connectivity index (χ2n) is 7.21. The fourth-order valence-electron chi connectivity index (χ4n) is 3.44. The van der Waals surface area contributed by atoms with E-state index in [0.29, 0.717) is 17.3 Å². The summed E-state index contributed by atoms with van der Waals surface area (Å²) in [5.74, 6) is -0.240. The van der Waals surface area contributed by atoms with Gasteiger partial charge in [0.05, 0.1) is 11.9 Å². The molecule has 0 atom stereocenters. The Labute approximate surface area is 183 Å². The number of aromatic nitrogens is 5. The van der Waals surface area contributed by atoms with Crippen LogP contribution in [0, 0.1) is 0 Å². The molecule has 3 heterocycles. The minimum atomic E-state index is -0.496. The van der Waals surface area contributed by atoms with Crippen molar-refractivity contribution in [3.05, 3.63) is 46.2 Å². The van der Waals surface area contributed by atoms with Gasteiger partial charge in [-0.05, 0) is 53.9 Å². The number of carbonyl (C=O) groups is 1. The molecule has 3 N–H and O–H groups in total. The molecule has 1 aliphatic heterocycles. The fraction of sp³-hybridized carbons (Fsp3) is 0.368. The summed E-state index contributed by atoms with van der Waals surface area (Å²) >= 11 is 5.97. The minimum absolute atomic E-state index is 0.0629. The molecule has 0 saturated carbocycles. The third-order valence-electron chi connectivity index (χ3n) is 4.97. The van der Waals surface area contributed by atoms with E-state index in [-0.39, 0.29) is 17.3 Å². The number of amides is 1. The predicted molar refractivity (Wildman–Crippen MR) is 114 cm³/mol. The Morgan fingerprint density at radius 3 is 2.77 bits per heavy atom. The molecule has 0 aliphatic carbocycles. The Morgan fingerprint density at radius 2 is 2.06 bits per heavy atom. The summed E-state index contributed by atoms with van der Waals surface area (Å²) in [4.78, 5) is 15.1. The van der Waals surface area contributed by atoms with Crippen LogP contribution in [-0.4, -0.2) is 55.4 Å². The number of nitrogens with zero attached hydrogens (tertiary/aromatic N) is 7. The molecule has 4 rings (SSSR count). The van der Waals surface area contributed by atoms with Crippen LogP contribution in [-0.2, 0) is 6.54 Å². The minimum Gasteiger partial charge on any atom is -0.378 e. The molecule has 1 aliphatic rings. The largest absolute Gasteiger partial charge is 0.378 e. The molecule has 11 nitrogen and oxygen atoms in total. The Hall–Kier alpha value is -3.31. The van der Waals surface area contributed by atoms with Crippen LogP contribution in [0.15, 0.2) is 34.0 Å². The van der Waals surface area contributed by atoms with Gasteiger partial charge < -0.3 is 5.73 Å². The lowest BCUT2D eigenvalue weighted by Crippen LogP contribution is -2.28. The van der Waals surface area contributed by atoms with E-state index < -0.39 is 5.91 Å². The van der Waals surface area contributed by atoms with E-state index >= 15 is 0 Å². The van der Waals surface area contributed by atoms with E-state index in [1.807, 2.05) is 6.07 Å². The first-order valence-electron chi connectivity index (χ1n) is 9.96. The molecule has 1 aromatic carbocycles. The number of nitrogen functional groups attached to an aromatic ring is 1. The van der Waals surface area contributed by atoms with Gasteiger partial charge in [0.2, 0.25) is 11.6 Å². The van der Waals surface area contributed by atoms with Crippen LogP contribution in [0.25, 0.3) is 5.82 Å². The number of nitrogens with two attached hydrogens (primary N) is 1. The zero-order valence-corrected chi connectivity index (χ0v) is 17.5. The zero-order valence-electron chi connectivity index (χ0n) is 16.7. The maximum atomic E-state index is 12.8. The lowest BCUT2D eigenvalue weighted by Gasteiger charge is -2.20. The van der Waals surface area contributed by atoms with E-state index in [9.17, 15) is 4.79 Å². The standard InChI is InChI=1S/C19H22ClN9O2/c20-14-7-5-6-13(10-14)11-22-24-19(30)16-15(12-28-8-3-1-2-4-9-28)29(27-23-16)18-17(21)25-31-26-18/h5-7,10-11H,1-4,8-9,12H2,(H2,21,25)(H,24,30). The number of benzene rings is 1. The average molecular weight is 444 g/mol. The number of anilines is 1. The number of nitrogens with one attached hydrogen (secondary N) is 1. The van der Waals surface area contributed by atoms with Gasteiger partial charge in [0.15, 0.2) is 5.69 Å². The number of likely N-dealkylation sites (tertiary alicyclic amines) is 1. The van der Waals surface area contributed by atoms with Gasteiger partial charge in [0, 0.05) is 11.6 Å². The number of rotatable bonds is 6. The van der Waals surface area contributed by atoms with Gasteiger partial charge in [0.1, 0.15) is 0 Å². The lowest BCUT2D eigenvalue weighted by atomic mass is 10.2. The second-order valence-corrected chi connectivity index (χ2v) is 7.65. The third kappa shape index (κ3) is 5.06. The summed E-state index contributed by atoms with van der Waals surface area (Å²) in [5.41, 5.74) is 9.76. The Balaban J connectivity index is 1.57. The van der Waals surface area contributed by atoms with Crippen LogP contribution < -0.4 is 11.2 Å². The van der Waals surface area contributed by atoms with Gasteiger partial charge in [-0.3, -0.25) is 9.69 Å². The number of hydrazone groups is 1. The van der Waals surface area contributed by atoms with Crippen molar-refractivity contribution in [2.24, 2.45) is 5.10 Å². The maximum absolute atomic E-state index is 12.8. The van der Waals surface area contributed by atoms with Crippen molar-refractivity contribution in [3.63, 3.8) is 0 Å². The van der Waals surface area contributed by atoms with Gasteiger partial charge in [-0.2, -0.15) is 9.78 Å². The topological polar surface area (TPSA) is 140 Å². The van der Waals surface area contributed by atoms with Crippen molar-refractivity contribution in [2.75, 3.05) is 18.8 Å². The molecular weight excluding hydrogens is 422 g/mol. The highest BCUT2D eigenvalue weighted by Crippen LogP contribution is 2.19. The summed E-state index contributed by atoms with van der Waals surface area (Å²) in [6.45, 7) is 2.30. The van der Waals surface area contributed by atoms with E-state index in [1.165, 1.54) is 23.7 Å². The first kappa shape index (κ1) is 20.9. The number of halogens is 1. The normalized spacial score (nSPS) is 15.3. The molecule has 2 aromatic heterocycles. The first-order chi connectivity index (χ1) is 15.1. The number of hydrogen-bond donors (Lipinski definition) is 2. The third-order valence-corrected chi connectivity index (χ3v) is 5.21. The van der Waals surface area contributed by atoms with E-state index in [4.69, 9.17) is 22.0 Å². The Morgan fingerprint density at radius 1 is 1.26 bits per heavy atom. The molecule has 3 aromatic rings. The van der Waals surface area contributed by atoms with E-state index in [0.717, 1.165) is 31.5 Å². The molecule has 1 saturated heterocycles. The van der Waals surface area contributed by atoms with Crippen molar-refractivity contribution < 1.29 is 9.42 Å². The van der Waals surface area contributed by atoms with Gasteiger partial charge >= 0.3 is 0 Å². The molecule has 162 valence electrons. The van der Waals surface area contributed by atoms with Gasteiger partial charge in [0.25, 0.3) is 5.91 Å². The monoisotopic (exact) mass is 443 g/mol. The van der Waals surface area contributed by atoms with Crippen molar-refractivity contribution >= 4 is 29.5 Å². The average Bonchev–Trinajstić information content (AvgIpc) is 3.26. The lowest BCUT2D eigenvalue weighted by molar-refractivity contribution is 0.0948. The zero-order chi connectivity index (χ0) is 21.6. The highest BCUT2D eigenvalue weighted by molar-refractivity contribution is 6.30. The fourth-order valence-corrected chi connectivity index (χ4v) is 3.64. The van der Waals surface area contributed by atoms with Crippen LogP contribution in [0.4, 0.5) is 5.82 Å². The van der Waals surface area contributed by atoms with Crippen LogP contribution in [0.3, 0.4) is 0 Å². The summed E-state index contributed by atoms with van der Waals surface area (Å²) < 4.78 is 6.09. The number of carbonyl (C=O) groups excluding carboxylic acids is 1. The van der Waals surface area contributed by atoms with Crippen LogP contribution in [0.5, 0.6) is 0 Å². The molecule has 12 heteroatoms. The molecule has 0 radical (unpaired) electrons. The molecule has 1 fully saturated rings. The summed E-state index contributed by atoms with van der Waals surface area (Å²) in [6, 6.07) is 7.11. The Bertz CT molecular complexity index is 1070.